The van der Waals surface area contributed by atoms with Gasteiger partial charge < -0.3 is 15.0 Å². The molecule has 3 aromatic rings. The lowest BCUT2D eigenvalue weighted by atomic mass is 9.90. The lowest BCUT2D eigenvalue weighted by molar-refractivity contribution is 0.0263. The first-order valence-electron chi connectivity index (χ1n) is 12.1. The number of imidazole rings is 1. The maximum Gasteiger partial charge on any atom is 0.300 e. The summed E-state index contributed by atoms with van der Waals surface area (Å²) >= 11 is 5.85. The second-order valence-electron chi connectivity index (χ2n) is 10.1. The maximum atomic E-state index is 13.5. The van der Waals surface area contributed by atoms with E-state index in [1.165, 1.54) is 29.9 Å². The Hall–Kier alpha value is -3.00. The van der Waals surface area contributed by atoms with Crippen LogP contribution >= 0.6 is 11.6 Å². The molecule has 14 heteroatoms. The van der Waals surface area contributed by atoms with Crippen LogP contribution in [0.5, 0.6) is 0 Å². The number of rotatable bonds is 7. The van der Waals surface area contributed by atoms with E-state index in [0.717, 1.165) is 12.8 Å². The highest BCUT2D eigenvalue weighted by Gasteiger charge is 2.51. The second kappa shape index (κ2) is 9.63. The summed E-state index contributed by atoms with van der Waals surface area (Å²) in [6.07, 6.45) is 4.10. The standard InChI is InChI=1S/C24H29ClFN7O4S/c1-27-38(36,37)31-20-9-19(33(3)30-20)24(35)10-14-6-13(7-15(14)11-24)21-22(32(2)12-28-21)23(34)29-16-4-5-18(26)17(25)8-16/h4-5,8-9,12-15,27,35H,6-7,10-11H2,1-3H3,(H,29,34)(H,30,31). The van der Waals surface area contributed by atoms with E-state index in [4.69, 9.17) is 11.6 Å². The Morgan fingerprint density at radius 3 is 2.53 bits per heavy atom. The minimum atomic E-state index is -3.73. The molecule has 4 N–H and O–H groups in total. The lowest BCUT2D eigenvalue weighted by Gasteiger charge is -2.24. The molecule has 204 valence electrons. The van der Waals surface area contributed by atoms with Gasteiger partial charge in [0.05, 0.1) is 22.7 Å². The average Bonchev–Trinajstić information content (AvgIpc) is 3.58. The zero-order chi connectivity index (χ0) is 27.4. The molecule has 0 saturated heterocycles. The van der Waals surface area contributed by atoms with Gasteiger partial charge in [0.2, 0.25) is 0 Å². The summed E-state index contributed by atoms with van der Waals surface area (Å²) in [6.45, 7) is 0. The molecule has 11 nitrogen and oxygen atoms in total. The molecule has 0 radical (unpaired) electrons. The molecule has 1 amide bonds. The van der Waals surface area contributed by atoms with Crippen LogP contribution in [-0.4, -0.2) is 45.8 Å². The summed E-state index contributed by atoms with van der Waals surface area (Å²) < 4.78 is 44.9. The molecule has 1 aromatic carbocycles. The summed E-state index contributed by atoms with van der Waals surface area (Å²) in [6, 6.07) is 5.57. The summed E-state index contributed by atoms with van der Waals surface area (Å²) in [4.78, 5) is 17.7. The van der Waals surface area contributed by atoms with E-state index in [1.807, 2.05) is 0 Å². The number of aromatic nitrogens is 4. The van der Waals surface area contributed by atoms with Gasteiger partial charge in [0, 0.05) is 38.8 Å². The van der Waals surface area contributed by atoms with Gasteiger partial charge in [-0.3, -0.25) is 14.2 Å². The highest BCUT2D eigenvalue weighted by Crippen LogP contribution is 2.57. The molecule has 2 saturated carbocycles. The van der Waals surface area contributed by atoms with E-state index in [9.17, 15) is 22.7 Å². The highest BCUT2D eigenvalue weighted by atomic mass is 35.5. The van der Waals surface area contributed by atoms with Crippen molar-refractivity contribution in [1.29, 1.82) is 0 Å². The van der Waals surface area contributed by atoms with Crippen LogP contribution in [0.3, 0.4) is 0 Å². The first-order valence-corrected chi connectivity index (χ1v) is 14.0. The Labute approximate surface area is 224 Å². The largest absolute Gasteiger partial charge is 0.384 e. The second-order valence-corrected chi connectivity index (χ2v) is 12.2. The van der Waals surface area contributed by atoms with Crippen molar-refractivity contribution < 1.29 is 22.7 Å². The number of nitrogens with zero attached hydrogens (tertiary/aromatic N) is 4. The highest BCUT2D eigenvalue weighted by molar-refractivity contribution is 7.90. The molecule has 2 aliphatic carbocycles. The van der Waals surface area contributed by atoms with Gasteiger partial charge in [-0.25, -0.2) is 14.1 Å². The van der Waals surface area contributed by atoms with Gasteiger partial charge in [-0.2, -0.15) is 13.5 Å². The molecule has 2 aliphatic rings. The number of aryl methyl sites for hydroxylation is 2. The fourth-order valence-electron chi connectivity index (χ4n) is 6.02. The van der Waals surface area contributed by atoms with E-state index < -0.39 is 21.6 Å². The van der Waals surface area contributed by atoms with Gasteiger partial charge >= 0.3 is 0 Å². The van der Waals surface area contributed by atoms with E-state index in [-0.39, 0.29) is 34.5 Å². The molecular weight excluding hydrogens is 537 g/mol. The van der Waals surface area contributed by atoms with Gasteiger partial charge in [-0.15, -0.1) is 0 Å². The molecule has 0 bridgehead atoms. The van der Waals surface area contributed by atoms with Crippen molar-refractivity contribution in [3.8, 4) is 0 Å². The van der Waals surface area contributed by atoms with Gasteiger partial charge in [-0.05, 0) is 55.7 Å². The van der Waals surface area contributed by atoms with Crippen molar-refractivity contribution in [3.05, 3.63) is 58.5 Å². The molecule has 2 atom stereocenters. The maximum absolute atomic E-state index is 13.5. The van der Waals surface area contributed by atoms with Gasteiger partial charge in [-0.1, -0.05) is 11.6 Å². The summed E-state index contributed by atoms with van der Waals surface area (Å²) in [7, 11) is 0.992. The fraction of sp³-hybridized carbons (Fsp3) is 0.458. The zero-order valence-electron chi connectivity index (χ0n) is 21.1. The minimum absolute atomic E-state index is 0.0397. The molecule has 2 fully saturated rings. The number of halogens is 2. The van der Waals surface area contributed by atoms with Crippen LogP contribution in [0.4, 0.5) is 15.9 Å². The fourth-order valence-corrected chi connectivity index (χ4v) is 6.68. The van der Waals surface area contributed by atoms with Crippen LogP contribution in [0.1, 0.15) is 53.5 Å². The molecule has 5 rings (SSSR count). The smallest absolute Gasteiger partial charge is 0.300 e. The Balaban J connectivity index is 1.30. The number of fused-ring (bicyclic) bond motifs is 1. The lowest BCUT2D eigenvalue weighted by Crippen LogP contribution is -2.26. The number of amides is 1. The van der Waals surface area contributed by atoms with Crippen LogP contribution in [0.15, 0.2) is 30.6 Å². The summed E-state index contributed by atoms with van der Waals surface area (Å²) in [5, 5.41) is 18.5. The predicted octanol–water partition coefficient (Wildman–Crippen LogP) is 2.87. The van der Waals surface area contributed by atoms with E-state index in [0.29, 0.717) is 35.6 Å². The van der Waals surface area contributed by atoms with Gasteiger partial charge in [0.25, 0.3) is 16.1 Å². The number of carbonyl (C=O) groups is 1. The summed E-state index contributed by atoms with van der Waals surface area (Å²) in [5.74, 6) is -0.352. The number of hydrogen-bond donors (Lipinski definition) is 4. The van der Waals surface area contributed by atoms with Gasteiger partial charge in [0.1, 0.15) is 17.1 Å². The molecule has 2 unspecified atom stereocenters. The third-order valence-corrected chi connectivity index (χ3v) is 8.95. The Morgan fingerprint density at radius 2 is 1.89 bits per heavy atom. The molecule has 0 aliphatic heterocycles. The van der Waals surface area contributed by atoms with Crippen molar-refractivity contribution in [3.63, 3.8) is 0 Å². The van der Waals surface area contributed by atoms with Crippen molar-refractivity contribution in [2.24, 2.45) is 25.9 Å². The number of nitrogens with one attached hydrogen (secondary N) is 3. The van der Waals surface area contributed by atoms with Crippen LogP contribution < -0.4 is 14.8 Å². The topological polar surface area (TPSA) is 143 Å². The quantitative estimate of drug-likeness (QED) is 0.347. The number of aliphatic hydroxyl groups is 1. The number of benzene rings is 1. The van der Waals surface area contributed by atoms with Crippen molar-refractivity contribution in [2.45, 2.75) is 37.2 Å². The third kappa shape index (κ3) is 4.91. The number of hydrogen-bond acceptors (Lipinski definition) is 6. The van der Waals surface area contributed by atoms with Crippen LogP contribution in [-0.2, 0) is 29.9 Å². The monoisotopic (exact) mass is 565 g/mol. The molecule has 0 spiro atoms. The minimum Gasteiger partial charge on any atom is -0.384 e. The van der Waals surface area contributed by atoms with Gasteiger partial charge in [0.15, 0.2) is 5.82 Å². The van der Waals surface area contributed by atoms with E-state index in [1.54, 1.807) is 31.1 Å². The van der Waals surface area contributed by atoms with E-state index in [2.05, 4.69) is 24.8 Å². The van der Waals surface area contributed by atoms with Crippen molar-refractivity contribution in [1.82, 2.24) is 24.1 Å². The SMILES string of the molecule is CNS(=O)(=O)Nc1cc(C2(O)CC3CC(c4ncn(C)c4C(=O)Nc4ccc(F)c(Cl)c4)CC3C2)n(C)n1. The summed E-state index contributed by atoms with van der Waals surface area (Å²) in [5.41, 5.74) is 0.916. The Bertz CT molecular complexity index is 1490. The first kappa shape index (κ1) is 26.6. The first-order chi connectivity index (χ1) is 17.9. The van der Waals surface area contributed by atoms with Crippen molar-refractivity contribution in [2.75, 3.05) is 17.1 Å². The molecular formula is C24H29ClFN7O4S. The Morgan fingerprint density at radius 1 is 1.21 bits per heavy atom. The van der Waals surface area contributed by atoms with E-state index >= 15 is 0 Å². The van der Waals surface area contributed by atoms with Crippen LogP contribution in [0.25, 0.3) is 0 Å². The van der Waals surface area contributed by atoms with Crippen LogP contribution in [0.2, 0.25) is 5.02 Å². The number of anilines is 2. The van der Waals surface area contributed by atoms with Crippen LogP contribution in [0, 0.1) is 17.7 Å². The van der Waals surface area contributed by atoms with Crippen molar-refractivity contribution >= 4 is 39.2 Å². The zero-order valence-corrected chi connectivity index (χ0v) is 22.6. The molecule has 2 heterocycles. The number of carbonyl (C=O) groups excluding carboxylic acids is 1. The molecule has 38 heavy (non-hydrogen) atoms. The average molecular weight is 566 g/mol. The Kier molecular flexibility index (Phi) is 6.74. The predicted molar refractivity (Wildman–Crippen MR) is 139 cm³/mol. The third-order valence-electron chi connectivity index (χ3n) is 7.65. The normalized spacial score (nSPS) is 24.9. The molecule has 2 aromatic heterocycles.